The summed E-state index contributed by atoms with van der Waals surface area (Å²) in [6.45, 7) is 1.73. The van der Waals surface area contributed by atoms with Crippen LogP contribution >= 0.6 is 11.8 Å². The fourth-order valence-corrected chi connectivity index (χ4v) is 3.26. The Morgan fingerprint density at radius 2 is 1.69 bits per heavy atom. The Balaban J connectivity index is 2.11. The molecule has 0 aliphatic rings. The number of carbonyl (C=O) groups is 1. The van der Waals surface area contributed by atoms with Crippen molar-refractivity contribution in [2.75, 3.05) is 27.6 Å². The second kappa shape index (κ2) is 10.6. The lowest BCUT2D eigenvalue weighted by atomic mass is 10.1. The molecule has 0 saturated heterocycles. The number of hydrogen-bond acceptors (Lipinski definition) is 9. The van der Waals surface area contributed by atoms with E-state index < -0.39 is 6.09 Å². The van der Waals surface area contributed by atoms with E-state index in [4.69, 9.17) is 23.7 Å². The van der Waals surface area contributed by atoms with Crippen LogP contribution in [0.15, 0.2) is 57.0 Å². The number of carbonyl (C=O) groups excluding carboxylic acids is 1. The Morgan fingerprint density at radius 3 is 2.19 bits per heavy atom. The van der Waals surface area contributed by atoms with Crippen LogP contribution in [0.2, 0.25) is 0 Å². The standard InChI is InChI=1S/C22H22N4O5S/c1-13-23-20(26-31-13)14-6-8-16(9-7-14)24-19(21(32-5)25-22(27)30-4)15-10-17(28-2)12-18(11-15)29-3/h6-12H,1-5H3/b24-19?,25-21-. The van der Waals surface area contributed by atoms with Gasteiger partial charge in [-0.2, -0.15) is 9.98 Å². The lowest BCUT2D eigenvalue weighted by Crippen LogP contribution is -2.15. The first-order valence-corrected chi connectivity index (χ1v) is 10.6. The first kappa shape index (κ1) is 23.0. The largest absolute Gasteiger partial charge is 0.497 e. The topological polar surface area (TPSA) is 108 Å². The molecule has 0 aliphatic carbocycles. The van der Waals surface area contributed by atoms with Crippen LogP contribution in [0.5, 0.6) is 11.5 Å². The van der Waals surface area contributed by atoms with Gasteiger partial charge < -0.3 is 18.7 Å². The van der Waals surface area contributed by atoms with Crippen molar-refractivity contribution in [2.24, 2.45) is 9.98 Å². The summed E-state index contributed by atoms with van der Waals surface area (Å²) in [5, 5.41) is 4.30. The van der Waals surface area contributed by atoms with Crippen molar-refractivity contribution < 1.29 is 23.5 Å². The molecule has 0 spiro atoms. The van der Waals surface area contributed by atoms with Crippen LogP contribution in [-0.4, -0.2) is 54.6 Å². The Kier molecular flexibility index (Phi) is 7.61. The van der Waals surface area contributed by atoms with Gasteiger partial charge in [-0.3, -0.25) is 0 Å². The van der Waals surface area contributed by atoms with E-state index >= 15 is 0 Å². The number of rotatable bonds is 6. The summed E-state index contributed by atoms with van der Waals surface area (Å²) in [7, 11) is 4.39. The van der Waals surface area contributed by atoms with Gasteiger partial charge in [0, 0.05) is 24.1 Å². The zero-order chi connectivity index (χ0) is 23.1. The zero-order valence-corrected chi connectivity index (χ0v) is 19.1. The third kappa shape index (κ3) is 5.52. The van der Waals surface area contributed by atoms with E-state index in [1.165, 1.54) is 18.9 Å². The van der Waals surface area contributed by atoms with E-state index in [-0.39, 0.29) is 0 Å². The number of benzene rings is 2. The minimum Gasteiger partial charge on any atom is -0.497 e. The van der Waals surface area contributed by atoms with Crippen molar-refractivity contribution >= 4 is 34.3 Å². The van der Waals surface area contributed by atoms with Crippen molar-refractivity contribution in [3.05, 3.63) is 53.9 Å². The van der Waals surface area contributed by atoms with Gasteiger partial charge in [0.1, 0.15) is 22.3 Å². The van der Waals surface area contributed by atoms with Gasteiger partial charge in [-0.1, -0.05) is 5.16 Å². The number of methoxy groups -OCH3 is 3. The van der Waals surface area contributed by atoms with Gasteiger partial charge in [0.25, 0.3) is 0 Å². The van der Waals surface area contributed by atoms with Crippen LogP contribution in [0.25, 0.3) is 11.4 Å². The molecule has 0 radical (unpaired) electrons. The lowest BCUT2D eigenvalue weighted by Gasteiger charge is -2.12. The summed E-state index contributed by atoms with van der Waals surface area (Å²) >= 11 is 1.27. The summed E-state index contributed by atoms with van der Waals surface area (Å²) in [6.07, 6.45) is 1.08. The van der Waals surface area contributed by atoms with E-state index in [9.17, 15) is 4.79 Å². The Labute approximate surface area is 189 Å². The van der Waals surface area contributed by atoms with Crippen LogP contribution in [-0.2, 0) is 4.74 Å². The number of aliphatic imine (C=N–C) groups is 2. The highest BCUT2D eigenvalue weighted by Gasteiger charge is 2.17. The maximum atomic E-state index is 11.9. The van der Waals surface area contributed by atoms with E-state index in [0.29, 0.717) is 45.2 Å². The molecule has 0 N–H and O–H groups in total. The third-order valence-corrected chi connectivity index (χ3v) is 4.95. The molecule has 10 heteroatoms. The predicted molar refractivity (Wildman–Crippen MR) is 124 cm³/mol. The molecule has 166 valence electrons. The van der Waals surface area contributed by atoms with Crippen molar-refractivity contribution in [1.82, 2.24) is 10.1 Å². The zero-order valence-electron chi connectivity index (χ0n) is 18.3. The maximum Gasteiger partial charge on any atom is 0.434 e. The molecular formula is C22H22N4O5S. The molecule has 3 rings (SSSR count). The first-order chi connectivity index (χ1) is 15.5. The van der Waals surface area contributed by atoms with Gasteiger partial charge in [-0.25, -0.2) is 9.79 Å². The molecule has 0 atom stereocenters. The fourth-order valence-electron chi connectivity index (χ4n) is 2.73. The van der Waals surface area contributed by atoms with Crippen LogP contribution in [0.1, 0.15) is 11.5 Å². The second-order valence-electron chi connectivity index (χ2n) is 6.34. The highest BCUT2D eigenvalue weighted by molar-refractivity contribution is 8.15. The fraction of sp³-hybridized carbons (Fsp3) is 0.227. The summed E-state index contributed by atoms with van der Waals surface area (Å²) in [5.41, 5.74) is 2.55. The van der Waals surface area contributed by atoms with E-state index in [0.717, 1.165) is 5.56 Å². The summed E-state index contributed by atoms with van der Waals surface area (Å²) < 4.78 is 20.5. The van der Waals surface area contributed by atoms with Crippen molar-refractivity contribution in [2.45, 2.75) is 6.92 Å². The molecule has 1 aromatic heterocycles. The van der Waals surface area contributed by atoms with Gasteiger partial charge >= 0.3 is 6.09 Å². The SMILES string of the molecule is COC(=O)/N=C(\SC)C(=Nc1ccc(-c2noc(C)n2)cc1)c1cc(OC)cc(OC)c1. The van der Waals surface area contributed by atoms with Gasteiger partial charge in [0.05, 0.1) is 27.0 Å². The molecule has 9 nitrogen and oxygen atoms in total. The van der Waals surface area contributed by atoms with Gasteiger partial charge in [0.2, 0.25) is 11.7 Å². The molecule has 3 aromatic rings. The smallest absolute Gasteiger partial charge is 0.434 e. The number of nitrogens with zero attached hydrogens (tertiary/aromatic N) is 4. The Morgan fingerprint density at radius 1 is 1.03 bits per heavy atom. The van der Waals surface area contributed by atoms with Crippen LogP contribution in [0.3, 0.4) is 0 Å². The molecule has 2 aromatic carbocycles. The maximum absolute atomic E-state index is 11.9. The van der Waals surface area contributed by atoms with Gasteiger partial charge in [0.15, 0.2) is 0 Å². The molecule has 1 heterocycles. The van der Waals surface area contributed by atoms with Crippen molar-refractivity contribution in [1.29, 1.82) is 0 Å². The Bertz CT molecular complexity index is 1130. The molecular weight excluding hydrogens is 432 g/mol. The molecule has 0 bridgehead atoms. The first-order valence-electron chi connectivity index (χ1n) is 9.41. The van der Waals surface area contributed by atoms with Gasteiger partial charge in [-0.05, 0) is 42.7 Å². The minimum absolute atomic E-state index is 0.380. The van der Waals surface area contributed by atoms with Crippen molar-refractivity contribution in [3.8, 4) is 22.9 Å². The number of thioether (sulfide) groups is 1. The minimum atomic E-state index is -0.722. The average Bonchev–Trinajstić information content (AvgIpc) is 3.27. The molecule has 1 amide bonds. The van der Waals surface area contributed by atoms with Crippen molar-refractivity contribution in [3.63, 3.8) is 0 Å². The average molecular weight is 455 g/mol. The molecule has 32 heavy (non-hydrogen) atoms. The molecule has 0 unspecified atom stereocenters. The monoisotopic (exact) mass is 454 g/mol. The predicted octanol–water partition coefficient (Wildman–Crippen LogP) is 4.71. The summed E-state index contributed by atoms with van der Waals surface area (Å²) in [4.78, 5) is 24.9. The number of hydrogen-bond donors (Lipinski definition) is 0. The van der Waals surface area contributed by atoms with Crippen LogP contribution < -0.4 is 9.47 Å². The number of ether oxygens (including phenoxy) is 3. The van der Waals surface area contributed by atoms with Gasteiger partial charge in [-0.15, -0.1) is 11.8 Å². The number of aryl methyl sites for hydroxylation is 1. The highest BCUT2D eigenvalue weighted by Crippen LogP contribution is 2.27. The summed E-state index contributed by atoms with van der Waals surface area (Å²) in [6, 6.07) is 12.6. The Hall–Kier alpha value is -3.66. The van der Waals surface area contributed by atoms with Crippen LogP contribution in [0, 0.1) is 6.92 Å². The lowest BCUT2D eigenvalue weighted by molar-refractivity contribution is 0.183. The van der Waals surface area contributed by atoms with E-state index in [2.05, 4.69) is 15.1 Å². The van der Waals surface area contributed by atoms with Crippen LogP contribution in [0.4, 0.5) is 10.5 Å². The normalized spacial score (nSPS) is 11.9. The summed E-state index contributed by atoms with van der Waals surface area (Å²) in [5.74, 6) is 2.13. The molecule has 0 saturated carbocycles. The number of amides is 1. The second-order valence-corrected chi connectivity index (χ2v) is 7.13. The molecule has 0 fully saturated rings. The third-order valence-electron chi connectivity index (χ3n) is 4.28. The number of aromatic nitrogens is 2. The highest BCUT2D eigenvalue weighted by atomic mass is 32.2. The van der Waals surface area contributed by atoms with E-state index in [1.54, 1.807) is 45.6 Å². The van der Waals surface area contributed by atoms with E-state index in [1.807, 2.05) is 24.3 Å². The molecule has 0 aliphatic heterocycles. The quantitative estimate of drug-likeness (QED) is 0.389.